The number of nitrogens with zero attached hydrogens (tertiary/aromatic N) is 1. The van der Waals surface area contributed by atoms with Crippen molar-refractivity contribution in [1.29, 1.82) is 0 Å². The zero-order valence-electron chi connectivity index (χ0n) is 14.7. The lowest BCUT2D eigenvalue weighted by atomic mass is 10.1. The number of hydrogen-bond acceptors (Lipinski definition) is 4. The van der Waals surface area contributed by atoms with Gasteiger partial charge in [0.25, 0.3) is 5.91 Å². The van der Waals surface area contributed by atoms with Crippen LogP contribution in [0.2, 0.25) is 0 Å². The third-order valence-electron chi connectivity index (χ3n) is 4.07. The van der Waals surface area contributed by atoms with Crippen molar-refractivity contribution in [2.75, 3.05) is 18.4 Å². The predicted molar refractivity (Wildman–Crippen MR) is 91.9 cm³/mol. The maximum Gasteiger partial charge on any atom is 0.325 e. The highest BCUT2D eigenvalue weighted by molar-refractivity contribution is 6.08. The first-order valence-electron chi connectivity index (χ1n) is 7.88. The molecule has 0 spiro atoms. The van der Waals surface area contributed by atoms with E-state index in [9.17, 15) is 19.2 Å². The zero-order chi connectivity index (χ0) is 18.8. The summed E-state index contributed by atoms with van der Waals surface area (Å²) in [7, 11) is 0. The number of carbonyl (C=O) groups is 4. The number of rotatable bonds is 5. The van der Waals surface area contributed by atoms with Gasteiger partial charge in [0.15, 0.2) is 0 Å². The molecule has 1 aromatic rings. The molecule has 1 aromatic carbocycles. The maximum atomic E-state index is 12.0. The highest BCUT2D eigenvalue weighted by Gasteiger charge is 2.44. The van der Waals surface area contributed by atoms with E-state index in [-0.39, 0.29) is 12.5 Å². The predicted octanol–water partition coefficient (Wildman–Crippen LogP) is 0.689. The third-order valence-corrected chi connectivity index (χ3v) is 4.07. The first-order chi connectivity index (χ1) is 11.6. The molecule has 1 aliphatic heterocycles. The van der Waals surface area contributed by atoms with Crippen LogP contribution < -0.4 is 16.0 Å². The first kappa shape index (κ1) is 18.4. The molecule has 1 fully saturated rings. The maximum absolute atomic E-state index is 12.0. The lowest BCUT2D eigenvalue weighted by Crippen LogP contribution is -2.44. The summed E-state index contributed by atoms with van der Waals surface area (Å²) >= 11 is 0. The summed E-state index contributed by atoms with van der Waals surface area (Å²) < 4.78 is 0. The van der Waals surface area contributed by atoms with Gasteiger partial charge in [-0.2, -0.15) is 0 Å². The van der Waals surface area contributed by atoms with E-state index >= 15 is 0 Å². The lowest BCUT2D eigenvalue weighted by Gasteiger charge is -2.15. The number of nitrogens with one attached hydrogen (secondary N) is 3. The van der Waals surface area contributed by atoms with Crippen LogP contribution in [0.15, 0.2) is 18.2 Å². The van der Waals surface area contributed by atoms with Crippen LogP contribution in [0.25, 0.3) is 0 Å². The third kappa shape index (κ3) is 4.14. The van der Waals surface area contributed by atoms with Crippen molar-refractivity contribution in [2.45, 2.75) is 33.2 Å². The Morgan fingerprint density at radius 2 is 1.84 bits per heavy atom. The second kappa shape index (κ2) is 6.92. The van der Waals surface area contributed by atoms with Gasteiger partial charge in [-0.25, -0.2) is 4.79 Å². The first-order valence-corrected chi connectivity index (χ1v) is 7.88. The number of benzene rings is 1. The molecule has 0 bridgehead atoms. The van der Waals surface area contributed by atoms with E-state index in [1.54, 1.807) is 19.9 Å². The zero-order valence-corrected chi connectivity index (χ0v) is 14.7. The van der Waals surface area contributed by atoms with E-state index < -0.39 is 29.9 Å². The Bertz CT molecular complexity index is 742. The molecule has 3 N–H and O–H groups in total. The van der Waals surface area contributed by atoms with Gasteiger partial charge in [0.1, 0.15) is 12.1 Å². The Morgan fingerprint density at radius 1 is 1.16 bits per heavy atom. The van der Waals surface area contributed by atoms with E-state index in [0.29, 0.717) is 5.69 Å². The van der Waals surface area contributed by atoms with Crippen LogP contribution >= 0.6 is 0 Å². The van der Waals surface area contributed by atoms with Crippen molar-refractivity contribution in [3.8, 4) is 0 Å². The van der Waals surface area contributed by atoms with Crippen LogP contribution in [0.5, 0.6) is 0 Å². The van der Waals surface area contributed by atoms with Crippen LogP contribution in [0.4, 0.5) is 10.5 Å². The van der Waals surface area contributed by atoms with Crippen LogP contribution in [0.3, 0.4) is 0 Å². The Kier molecular flexibility index (Phi) is 5.10. The van der Waals surface area contributed by atoms with Gasteiger partial charge in [-0.3, -0.25) is 19.3 Å². The highest BCUT2D eigenvalue weighted by atomic mass is 16.2. The Labute approximate surface area is 145 Å². The molecule has 0 aliphatic carbocycles. The number of anilines is 1. The second-order valence-corrected chi connectivity index (χ2v) is 6.52. The summed E-state index contributed by atoms with van der Waals surface area (Å²) in [4.78, 5) is 48.4. The number of aryl methyl sites for hydroxylation is 1. The summed E-state index contributed by atoms with van der Waals surface area (Å²) in [6.45, 7) is 6.27. The average Bonchev–Trinajstić information content (AvgIpc) is 2.72. The summed E-state index contributed by atoms with van der Waals surface area (Å²) in [5.41, 5.74) is 1.64. The van der Waals surface area contributed by atoms with Crippen LogP contribution in [-0.4, -0.2) is 47.3 Å². The molecule has 8 heteroatoms. The smallest absolute Gasteiger partial charge is 0.325 e. The molecule has 1 aliphatic rings. The monoisotopic (exact) mass is 346 g/mol. The SMILES string of the molecule is Cc1cccc(NC(=O)CNC(=O)CN2C(=O)NC(C)(C)C2=O)c1C. The molecule has 8 nitrogen and oxygen atoms in total. The lowest BCUT2D eigenvalue weighted by molar-refractivity contribution is -0.134. The fourth-order valence-corrected chi connectivity index (χ4v) is 2.42. The van der Waals surface area contributed by atoms with Gasteiger partial charge in [0, 0.05) is 5.69 Å². The number of carbonyl (C=O) groups excluding carboxylic acids is 4. The largest absolute Gasteiger partial charge is 0.345 e. The number of imide groups is 1. The van der Waals surface area contributed by atoms with Crippen molar-refractivity contribution < 1.29 is 19.2 Å². The van der Waals surface area contributed by atoms with Crippen LogP contribution in [0, 0.1) is 13.8 Å². The van der Waals surface area contributed by atoms with E-state index in [2.05, 4.69) is 16.0 Å². The van der Waals surface area contributed by atoms with Gasteiger partial charge in [-0.05, 0) is 44.9 Å². The molecule has 1 heterocycles. The Balaban J connectivity index is 1.86. The fraction of sp³-hybridized carbons (Fsp3) is 0.412. The van der Waals surface area contributed by atoms with Crippen molar-refractivity contribution in [3.63, 3.8) is 0 Å². The van der Waals surface area contributed by atoms with Gasteiger partial charge in [0.05, 0.1) is 6.54 Å². The molecule has 0 unspecified atom stereocenters. The number of hydrogen-bond donors (Lipinski definition) is 3. The van der Waals surface area contributed by atoms with E-state index in [1.807, 2.05) is 26.0 Å². The number of urea groups is 1. The van der Waals surface area contributed by atoms with E-state index in [0.717, 1.165) is 16.0 Å². The molecule has 25 heavy (non-hydrogen) atoms. The van der Waals surface area contributed by atoms with Crippen molar-refractivity contribution in [2.24, 2.45) is 0 Å². The second-order valence-electron chi connectivity index (χ2n) is 6.52. The average molecular weight is 346 g/mol. The minimum atomic E-state index is -1.03. The quantitative estimate of drug-likeness (QED) is 0.682. The molecular formula is C17H22N4O4. The topological polar surface area (TPSA) is 108 Å². The minimum Gasteiger partial charge on any atom is -0.345 e. The molecule has 134 valence electrons. The molecule has 0 aromatic heterocycles. The van der Waals surface area contributed by atoms with Crippen molar-refractivity contribution in [3.05, 3.63) is 29.3 Å². The van der Waals surface area contributed by atoms with E-state index in [1.165, 1.54) is 0 Å². The Hall–Kier alpha value is -2.90. The molecule has 0 saturated carbocycles. The number of amides is 5. The molecular weight excluding hydrogens is 324 g/mol. The van der Waals surface area contributed by atoms with Gasteiger partial charge in [0.2, 0.25) is 11.8 Å². The van der Waals surface area contributed by atoms with Gasteiger partial charge >= 0.3 is 6.03 Å². The van der Waals surface area contributed by atoms with E-state index in [4.69, 9.17) is 0 Å². The minimum absolute atomic E-state index is 0.251. The summed E-state index contributed by atoms with van der Waals surface area (Å²) in [6, 6.07) is 4.92. The molecule has 0 atom stereocenters. The molecule has 2 rings (SSSR count). The molecule has 1 saturated heterocycles. The van der Waals surface area contributed by atoms with Crippen molar-refractivity contribution >= 4 is 29.4 Å². The van der Waals surface area contributed by atoms with Crippen LogP contribution in [0.1, 0.15) is 25.0 Å². The van der Waals surface area contributed by atoms with Gasteiger partial charge < -0.3 is 16.0 Å². The standard InChI is InChI=1S/C17H22N4O4/c1-10-6-5-7-12(11(10)2)19-13(22)8-18-14(23)9-21-15(24)17(3,4)20-16(21)25/h5-7H,8-9H2,1-4H3,(H,18,23)(H,19,22)(H,20,25). The van der Waals surface area contributed by atoms with Crippen molar-refractivity contribution in [1.82, 2.24) is 15.5 Å². The summed E-state index contributed by atoms with van der Waals surface area (Å²) in [5.74, 6) is -1.45. The molecule has 0 radical (unpaired) electrons. The summed E-state index contributed by atoms with van der Waals surface area (Å²) in [5, 5.41) is 7.61. The normalized spacial score (nSPS) is 15.8. The fourth-order valence-electron chi connectivity index (χ4n) is 2.42. The Morgan fingerprint density at radius 3 is 2.44 bits per heavy atom. The highest BCUT2D eigenvalue weighted by Crippen LogP contribution is 2.18. The van der Waals surface area contributed by atoms with Gasteiger partial charge in [-0.1, -0.05) is 12.1 Å². The van der Waals surface area contributed by atoms with Gasteiger partial charge in [-0.15, -0.1) is 0 Å². The molecule has 5 amide bonds. The van der Waals surface area contributed by atoms with Crippen LogP contribution in [-0.2, 0) is 14.4 Å². The summed E-state index contributed by atoms with van der Waals surface area (Å²) in [6.07, 6.45) is 0.